The predicted octanol–water partition coefficient (Wildman–Crippen LogP) is 2.78. The third kappa shape index (κ3) is 4.02. The molecule has 1 heterocycles. The highest BCUT2D eigenvalue weighted by atomic mass is 16.5. The standard InChI is InChI=1S/C16H22N4O2/c1-11-8-12(22-3)4-5-14(11)20-16-9-15(13(17)10-19-16)18-6-7-21-2/h4-5,8-10H,6-7,17H2,1-3H3,(H2,18,19,20). The molecule has 118 valence electrons. The van der Waals surface area contributed by atoms with E-state index in [9.17, 15) is 0 Å². The van der Waals surface area contributed by atoms with Gasteiger partial charge in [0.15, 0.2) is 0 Å². The Bertz CT molecular complexity index is 632. The minimum atomic E-state index is 0.605. The van der Waals surface area contributed by atoms with Gasteiger partial charge in [-0.05, 0) is 30.7 Å². The first-order valence-corrected chi connectivity index (χ1v) is 7.04. The number of rotatable bonds is 7. The summed E-state index contributed by atoms with van der Waals surface area (Å²) >= 11 is 0. The fourth-order valence-corrected chi connectivity index (χ4v) is 2.02. The van der Waals surface area contributed by atoms with E-state index in [4.69, 9.17) is 15.2 Å². The summed E-state index contributed by atoms with van der Waals surface area (Å²) in [6, 6.07) is 7.72. The number of nitrogens with one attached hydrogen (secondary N) is 2. The van der Waals surface area contributed by atoms with E-state index in [1.807, 2.05) is 31.2 Å². The second-order valence-electron chi connectivity index (χ2n) is 4.88. The van der Waals surface area contributed by atoms with E-state index >= 15 is 0 Å². The van der Waals surface area contributed by atoms with Crippen LogP contribution >= 0.6 is 0 Å². The van der Waals surface area contributed by atoms with Crippen LogP contribution in [-0.2, 0) is 4.74 Å². The number of aryl methyl sites for hydroxylation is 1. The number of anilines is 4. The van der Waals surface area contributed by atoms with Crippen molar-refractivity contribution in [3.63, 3.8) is 0 Å². The van der Waals surface area contributed by atoms with Crippen molar-refractivity contribution in [2.45, 2.75) is 6.92 Å². The molecule has 0 fully saturated rings. The summed E-state index contributed by atoms with van der Waals surface area (Å²) in [7, 11) is 3.32. The minimum Gasteiger partial charge on any atom is -0.497 e. The van der Waals surface area contributed by atoms with Crippen LogP contribution in [0.2, 0.25) is 0 Å². The molecule has 0 spiro atoms. The number of methoxy groups -OCH3 is 2. The lowest BCUT2D eigenvalue weighted by molar-refractivity contribution is 0.211. The van der Waals surface area contributed by atoms with E-state index in [1.54, 1.807) is 20.4 Å². The summed E-state index contributed by atoms with van der Waals surface area (Å²) in [5.74, 6) is 1.55. The summed E-state index contributed by atoms with van der Waals surface area (Å²) in [4.78, 5) is 4.31. The smallest absolute Gasteiger partial charge is 0.132 e. The van der Waals surface area contributed by atoms with Crippen LogP contribution in [0.15, 0.2) is 30.5 Å². The normalized spacial score (nSPS) is 10.3. The molecule has 4 N–H and O–H groups in total. The van der Waals surface area contributed by atoms with E-state index in [0.29, 0.717) is 18.8 Å². The van der Waals surface area contributed by atoms with Crippen molar-refractivity contribution >= 4 is 22.9 Å². The Kier molecular flexibility index (Phi) is 5.43. The number of pyridine rings is 1. The van der Waals surface area contributed by atoms with Gasteiger partial charge in [0.2, 0.25) is 0 Å². The van der Waals surface area contributed by atoms with Gasteiger partial charge in [0.05, 0.1) is 31.3 Å². The van der Waals surface area contributed by atoms with E-state index < -0.39 is 0 Å². The summed E-state index contributed by atoms with van der Waals surface area (Å²) in [6.07, 6.45) is 1.64. The molecular formula is C16H22N4O2. The van der Waals surface area contributed by atoms with Crippen LogP contribution in [0.25, 0.3) is 0 Å². The molecule has 1 aromatic heterocycles. The average molecular weight is 302 g/mol. The lowest BCUT2D eigenvalue weighted by atomic mass is 10.2. The lowest BCUT2D eigenvalue weighted by Gasteiger charge is -2.13. The molecular weight excluding hydrogens is 280 g/mol. The molecule has 6 heteroatoms. The van der Waals surface area contributed by atoms with Gasteiger partial charge in [-0.1, -0.05) is 0 Å². The summed E-state index contributed by atoms with van der Waals surface area (Å²) in [5, 5.41) is 6.51. The van der Waals surface area contributed by atoms with Crippen LogP contribution in [0, 0.1) is 6.92 Å². The Morgan fingerprint density at radius 3 is 2.68 bits per heavy atom. The number of nitrogens with two attached hydrogens (primary N) is 1. The second-order valence-corrected chi connectivity index (χ2v) is 4.88. The van der Waals surface area contributed by atoms with E-state index in [2.05, 4.69) is 15.6 Å². The maximum absolute atomic E-state index is 5.92. The zero-order valence-electron chi connectivity index (χ0n) is 13.1. The first-order valence-electron chi connectivity index (χ1n) is 7.04. The number of aromatic nitrogens is 1. The molecule has 22 heavy (non-hydrogen) atoms. The highest BCUT2D eigenvalue weighted by molar-refractivity contribution is 5.71. The third-order valence-electron chi connectivity index (χ3n) is 3.25. The minimum absolute atomic E-state index is 0.605. The van der Waals surface area contributed by atoms with Crippen molar-refractivity contribution in [3.8, 4) is 5.75 Å². The monoisotopic (exact) mass is 302 g/mol. The lowest BCUT2D eigenvalue weighted by Crippen LogP contribution is -2.10. The maximum Gasteiger partial charge on any atom is 0.132 e. The molecule has 0 amide bonds. The number of nitrogens with zero attached hydrogens (tertiary/aromatic N) is 1. The fourth-order valence-electron chi connectivity index (χ4n) is 2.02. The molecule has 0 aliphatic carbocycles. The topological polar surface area (TPSA) is 81.4 Å². The molecule has 1 aromatic carbocycles. The molecule has 2 rings (SSSR count). The van der Waals surface area contributed by atoms with Crippen molar-refractivity contribution in [2.24, 2.45) is 0 Å². The van der Waals surface area contributed by atoms with Crippen LogP contribution in [0.5, 0.6) is 5.75 Å². The Morgan fingerprint density at radius 2 is 2.00 bits per heavy atom. The second kappa shape index (κ2) is 7.51. The van der Waals surface area contributed by atoms with Gasteiger partial charge < -0.3 is 25.8 Å². The van der Waals surface area contributed by atoms with Gasteiger partial charge >= 0.3 is 0 Å². The Balaban J connectivity index is 2.14. The Labute approximate surface area is 130 Å². The predicted molar refractivity (Wildman–Crippen MR) is 90.0 cm³/mol. The average Bonchev–Trinajstić information content (AvgIpc) is 2.52. The largest absolute Gasteiger partial charge is 0.497 e. The SMILES string of the molecule is COCCNc1cc(Nc2ccc(OC)cc2C)ncc1N. The van der Waals surface area contributed by atoms with Crippen molar-refractivity contribution < 1.29 is 9.47 Å². The first-order chi connectivity index (χ1) is 10.6. The van der Waals surface area contributed by atoms with Gasteiger partial charge in [-0.25, -0.2) is 4.98 Å². The molecule has 0 unspecified atom stereocenters. The van der Waals surface area contributed by atoms with Crippen LogP contribution in [-0.4, -0.2) is 32.4 Å². The van der Waals surface area contributed by atoms with Gasteiger partial charge in [-0.15, -0.1) is 0 Å². The third-order valence-corrected chi connectivity index (χ3v) is 3.25. The van der Waals surface area contributed by atoms with Crippen molar-refractivity contribution in [1.82, 2.24) is 4.98 Å². The molecule has 0 saturated heterocycles. The number of hydrogen-bond donors (Lipinski definition) is 3. The summed E-state index contributed by atoms with van der Waals surface area (Å²) in [6.45, 7) is 3.31. The molecule has 0 aliphatic heterocycles. The van der Waals surface area contributed by atoms with Crippen LogP contribution in [0.1, 0.15) is 5.56 Å². The molecule has 0 bridgehead atoms. The molecule has 2 aromatic rings. The number of ether oxygens (including phenoxy) is 2. The number of hydrogen-bond acceptors (Lipinski definition) is 6. The van der Waals surface area contributed by atoms with Crippen molar-refractivity contribution in [1.29, 1.82) is 0 Å². The zero-order valence-corrected chi connectivity index (χ0v) is 13.1. The Morgan fingerprint density at radius 1 is 1.18 bits per heavy atom. The summed E-state index contributed by atoms with van der Waals surface area (Å²) < 4.78 is 10.2. The van der Waals surface area contributed by atoms with Crippen LogP contribution < -0.4 is 21.1 Å². The molecule has 0 radical (unpaired) electrons. The quantitative estimate of drug-likeness (QED) is 0.682. The summed E-state index contributed by atoms with van der Waals surface area (Å²) in [5.41, 5.74) is 9.41. The number of nitrogen functional groups attached to an aromatic ring is 1. The van der Waals surface area contributed by atoms with Crippen LogP contribution in [0.3, 0.4) is 0 Å². The molecule has 6 nitrogen and oxygen atoms in total. The van der Waals surface area contributed by atoms with E-state index in [-0.39, 0.29) is 0 Å². The van der Waals surface area contributed by atoms with Gasteiger partial charge in [0, 0.05) is 25.4 Å². The van der Waals surface area contributed by atoms with Crippen LogP contribution in [0.4, 0.5) is 22.9 Å². The van der Waals surface area contributed by atoms with Gasteiger partial charge in [0.25, 0.3) is 0 Å². The zero-order chi connectivity index (χ0) is 15.9. The molecule has 0 aliphatic rings. The Hall–Kier alpha value is -2.47. The molecule has 0 atom stereocenters. The van der Waals surface area contributed by atoms with E-state index in [0.717, 1.165) is 28.5 Å². The van der Waals surface area contributed by atoms with Gasteiger partial charge in [-0.3, -0.25) is 0 Å². The highest BCUT2D eigenvalue weighted by Gasteiger charge is 2.05. The van der Waals surface area contributed by atoms with Crippen molar-refractivity contribution in [2.75, 3.05) is 43.7 Å². The van der Waals surface area contributed by atoms with E-state index in [1.165, 1.54) is 0 Å². The van der Waals surface area contributed by atoms with Gasteiger partial charge in [-0.2, -0.15) is 0 Å². The highest BCUT2D eigenvalue weighted by Crippen LogP contribution is 2.26. The fraction of sp³-hybridized carbons (Fsp3) is 0.312. The maximum atomic E-state index is 5.92. The number of benzene rings is 1. The molecule has 0 saturated carbocycles. The van der Waals surface area contributed by atoms with Crippen molar-refractivity contribution in [3.05, 3.63) is 36.0 Å². The van der Waals surface area contributed by atoms with Gasteiger partial charge in [0.1, 0.15) is 11.6 Å². The first kappa shape index (κ1) is 15.9.